The van der Waals surface area contributed by atoms with Gasteiger partial charge in [-0.25, -0.2) is 0 Å². The van der Waals surface area contributed by atoms with Crippen molar-refractivity contribution in [2.24, 2.45) is 5.92 Å². The molecule has 2 aliphatic rings. The highest BCUT2D eigenvalue weighted by atomic mass is 35.5. The molecular formula is C15H31Cl2N3O2. The van der Waals surface area contributed by atoms with E-state index < -0.39 is 0 Å². The monoisotopic (exact) mass is 355 g/mol. The number of morpholine rings is 1. The van der Waals surface area contributed by atoms with Gasteiger partial charge in [-0.3, -0.25) is 4.79 Å². The topological polar surface area (TPSA) is 53.6 Å². The maximum atomic E-state index is 12.1. The first-order valence-corrected chi connectivity index (χ1v) is 8.05. The zero-order valence-electron chi connectivity index (χ0n) is 13.7. The smallest absolute Gasteiger partial charge is 0.239 e. The van der Waals surface area contributed by atoms with Gasteiger partial charge in [0.2, 0.25) is 5.91 Å². The number of nitrogens with zero attached hydrogens (tertiary/aromatic N) is 1. The van der Waals surface area contributed by atoms with Gasteiger partial charge in [-0.05, 0) is 51.7 Å². The van der Waals surface area contributed by atoms with Crippen molar-refractivity contribution in [3.05, 3.63) is 0 Å². The molecule has 2 fully saturated rings. The number of rotatable bonds is 5. The number of carbonyl (C=O) groups is 1. The summed E-state index contributed by atoms with van der Waals surface area (Å²) in [6.45, 7) is 10.0. The first-order valence-electron chi connectivity index (χ1n) is 8.05. The summed E-state index contributed by atoms with van der Waals surface area (Å²) >= 11 is 0. The van der Waals surface area contributed by atoms with Crippen LogP contribution in [0.5, 0.6) is 0 Å². The van der Waals surface area contributed by atoms with Crippen LogP contribution >= 0.6 is 24.8 Å². The number of ether oxygens (including phenoxy) is 1. The molecule has 2 heterocycles. The molecule has 0 aromatic heterocycles. The number of amides is 1. The minimum atomic E-state index is -0.189. The van der Waals surface area contributed by atoms with Crippen molar-refractivity contribution in [1.29, 1.82) is 0 Å². The molecule has 0 aromatic rings. The number of halogens is 2. The highest BCUT2D eigenvalue weighted by molar-refractivity contribution is 5.85. The Bertz CT molecular complexity index is 313. The second-order valence-electron chi connectivity index (χ2n) is 5.97. The largest absolute Gasteiger partial charge is 0.375 e. The van der Waals surface area contributed by atoms with E-state index >= 15 is 0 Å². The zero-order chi connectivity index (χ0) is 14.4. The van der Waals surface area contributed by atoms with Gasteiger partial charge in [0.05, 0.1) is 12.7 Å². The van der Waals surface area contributed by atoms with E-state index in [4.69, 9.17) is 4.74 Å². The lowest BCUT2D eigenvalue weighted by molar-refractivity contribution is -0.128. The van der Waals surface area contributed by atoms with Crippen molar-refractivity contribution in [2.45, 2.75) is 45.3 Å². The molecule has 22 heavy (non-hydrogen) atoms. The van der Waals surface area contributed by atoms with Crippen LogP contribution < -0.4 is 10.6 Å². The number of piperidine rings is 1. The van der Waals surface area contributed by atoms with Crippen molar-refractivity contribution in [2.75, 3.05) is 39.3 Å². The van der Waals surface area contributed by atoms with E-state index in [-0.39, 0.29) is 42.9 Å². The Labute approximate surface area is 146 Å². The summed E-state index contributed by atoms with van der Waals surface area (Å²) in [4.78, 5) is 14.6. The molecule has 0 unspecified atom stereocenters. The fourth-order valence-corrected chi connectivity index (χ4v) is 3.13. The third-order valence-corrected chi connectivity index (χ3v) is 4.61. The van der Waals surface area contributed by atoms with Gasteiger partial charge in [-0.2, -0.15) is 0 Å². The average molecular weight is 356 g/mol. The second kappa shape index (κ2) is 11.5. The number of likely N-dealkylation sites (tertiary alicyclic amines) is 1. The quantitative estimate of drug-likeness (QED) is 0.783. The van der Waals surface area contributed by atoms with E-state index in [9.17, 15) is 4.79 Å². The summed E-state index contributed by atoms with van der Waals surface area (Å²) in [5.74, 6) is 0.856. The molecule has 0 bridgehead atoms. The van der Waals surface area contributed by atoms with Crippen LogP contribution in [-0.4, -0.2) is 62.3 Å². The second-order valence-corrected chi connectivity index (χ2v) is 5.97. The van der Waals surface area contributed by atoms with E-state index in [1.54, 1.807) is 0 Å². The molecule has 132 valence electrons. The maximum Gasteiger partial charge on any atom is 0.239 e. The van der Waals surface area contributed by atoms with Crippen molar-refractivity contribution in [3.8, 4) is 0 Å². The lowest BCUT2D eigenvalue weighted by Gasteiger charge is -2.32. The van der Waals surface area contributed by atoms with E-state index in [1.807, 2.05) is 6.92 Å². The van der Waals surface area contributed by atoms with Crippen LogP contribution in [-0.2, 0) is 9.53 Å². The van der Waals surface area contributed by atoms with E-state index in [0.29, 0.717) is 6.61 Å². The molecule has 2 aliphatic heterocycles. The van der Waals surface area contributed by atoms with Crippen LogP contribution in [0.3, 0.4) is 0 Å². The first kappa shape index (κ1) is 21.9. The van der Waals surface area contributed by atoms with Gasteiger partial charge in [-0.1, -0.05) is 6.92 Å². The van der Waals surface area contributed by atoms with Gasteiger partial charge in [0, 0.05) is 13.1 Å². The number of carbonyl (C=O) groups excluding carboxylic acids is 1. The fraction of sp³-hybridized carbons (Fsp3) is 0.933. The molecule has 0 spiro atoms. The Morgan fingerprint density at radius 2 is 2.00 bits per heavy atom. The number of nitrogens with one attached hydrogen (secondary N) is 2. The number of hydrogen-bond acceptors (Lipinski definition) is 4. The Kier molecular flexibility index (Phi) is 11.4. The standard InChI is InChI=1S/C15H29N3O2.2ClH/c1-3-18-9-5-13(6-10-18)4-7-17-15(19)14-12(2)20-11-8-16-14;;/h12-14,16H,3-11H2,1-2H3,(H,17,19);2*1H/t12-,14+;;/m1../s1. The predicted molar refractivity (Wildman–Crippen MR) is 94.2 cm³/mol. The molecule has 2 saturated heterocycles. The molecule has 0 radical (unpaired) electrons. The summed E-state index contributed by atoms with van der Waals surface area (Å²) in [5, 5.41) is 6.29. The summed E-state index contributed by atoms with van der Waals surface area (Å²) in [7, 11) is 0. The van der Waals surface area contributed by atoms with Crippen molar-refractivity contribution in [3.63, 3.8) is 0 Å². The van der Waals surface area contributed by atoms with Crippen LogP contribution in [0.2, 0.25) is 0 Å². The van der Waals surface area contributed by atoms with Gasteiger partial charge in [0.15, 0.2) is 0 Å². The average Bonchev–Trinajstić information content (AvgIpc) is 2.48. The third kappa shape index (κ3) is 6.59. The van der Waals surface area contributed by atoms with E-state index in [2.05, 4.69) is 22.5 Å². The van der Waals surface area contributed by atoms with Crippen molar-refractivity contribution >= 4 is 30.7 Å². The number of hydrogen-bond donors (Lipinski definition) is 2. The SMILES string of the molecule is CCN1CCC(CCNC(=O)[C@H]2NCCO[C@@H]2C)CC1.Cl.Cl. The van der Waals surface area contributed by atoms with Crippen LogP contribution in [0.25, 0.3) is 0 Å². The molecule has 2 atom stereocenters. The van der Waals surface area contributed by atoms with Gasteiger partial charge >= 0.3 is 0 Å². The Morgan fingerprint density at radius 1 is 1.32 bits per heavy atom. The van der Waals surface area contributed by atoms with E-state index in [0.717, 1.165) is 32.0 Å². The minimum absolute atomic E-state index is 0. The molecule has 7 heteroatoms. The van der Waals surface area contributed by atoms with Crippen LogP contribution in [0.15, 0.2) is 0 Å². The maximum absolute atomic E-state index is 12.1. The van der Waals surface area contributed by atoms with Crippen LogP contribution in [0.1, 0.15) is 33.1 Å². The Balaban J connectivity index is 0.00000220. The summed E-state index contributed by atoms with van der Waals surface area (Å²) < 4.78 is 5.50. The summed E-state index contributed by atoms with van der Waals surface area (Å²) in [6, 6.07) is -0.189. The highest BCUT2D eigenvalue weighted by Gasteiger charge is 2.28. The van der Waals surface area contributed by atoms with Gasteiger partial charge in [0.25, 0.3) is 0 Å². The third-order valence-electron chi connectivity index (χ3n) is 4.61. The first-order chi connectivity index (χ1) is 9.70. The van der Waals surface area contributed by atoms with E-state index in [1.165, 1.54) is 25.9 Å². The molecule has 2 N–H and O–H groups in total. The molecule has 0 saturated carbocycles. The lowest BCUT2D eigenvalue weighted by atomic mass is 9.93. The van der Waals surface area contributed by atoms with Crippen molar-refractivity contribution < 1.29 is 9.53 Å². The molecule has 0 aromatic carbocycles. The summed E-state index contributed by atoms with van der Waals surface area (Å²) in [5.41, 5.74) is 0. The minimum Gasteiger partial charge on any atom is -0.375 e. The normalized spacial score (nSPS) is 26.6. The zero-order valence-corrected chi connectivity index (χ0v) is 15.3. The van der Waals surface area contributed by atoms with Gasteiger partial charge in [0.1, 0.15) is 6.04 Å². The molecule has 1 amide bonds. The fourth-order valence-electron chi connectivity index (χ4n) is 3.13. The Hall–Kier alpha value is -0.0700. The Morgan fingerprint density at radius 3 is 2.59 bits per heavy atom. The predicted octanol–water partition coefficient (Wildman–Crippen LogP) is 1.45. The summed E-state index contributed by atoms with van der Waals surface area (Å²) in [6.07, 6.45) is 3.61. The van der Waals surface area contributed by atoms with Crippen molar-refractivity contribution in [1.82, 2.24) is 15.5 Å². The molecule has 5 nitrogen and oxygen atoms in total. The van der Waals surface area contributed by atoms with Gasteiger partial charge < -0.3 is 20.3 Å². The molecular weight excluding hydrogens is 325 g/mol. The highest BCUT2D eigenvalue weighted by Crippen LogP contribution is 2.19. The molecule has 0 aliphatic carbocycles. The van der Waals surface area contributed by atoms with Crippen LogP contribution in [0, 0.1) is 5.92 Å². The lowest BCUT2D eigenvalue weighted by Crippen LogP contribution is -2.55. The van der Waals surface area contributed by atoms with Gasteiger partial charge in [-0.15, -0.1) is 24.8 Å². The molecule has 2 rings (SSSR count). The van der Waals surface area contributed by atoms with Crippen LogP contribution in [0.4, 0.5) is 0 Å².